The Morgan fingerprint density at radius 2 is 1.95 bits per heavy atom. The van der Waals surface area contributed by atoms with Crippen LogP contribution < -0.4 is 10.2 Å². The van der Waals surface area contributed by atoms with E-state index in [4.69, 9.17) is 4.74 Å². The molecule has 4 heteroatoms. The number of ether oxygens (including phenoxy) is 1. The summed E-state index contributed by atoms with van der Waals surface area (Å²) >= 11 is 0. The van der Waals surface area contributed by atoms with Crippen LogP contribution >= 0.6 is 0 Å². The maximum absolute atomic E-state index is 11.6. The number of rotatable bonds is 8. The minimum absolute atomic E-state index is 0.104. The Morgan fingerprint density at radius 3 is 2.53 bits per heavy atom. The average Bonchev–Trinajstić information content (AvgIpc) is 2.42. The second-order valence-electron chi connectivity index (χ2n) is 4.76. The summed E-state index contributed by atoms with van der Waals surface area (Å²) in [5.74, 6) is 0.104. The summed E-state index contributed by atoms with van der Waals surface area (Å²) in [4.78, 5) is 13.7. The van der Waals surface area contributed by atoms with Crippen LogP contribution in [0.3, 0.4) is 0 Å². The molecule has 0 heterocycles. The van der Waals surface area contributed by atoms with Crippen molar-refractivity contribution in [2.45, 2.75) is 19.3 Å². The molecule has 1 rings (SSSR count). The van der Waals surface area contributed by atoms with Crippen LogP contribution in [0.5, 0.6) is 0 Å². The Kier molecular flexibility index (Phi) is 6.97. The predicted octanol–water partition coefficient (Wildman–Crippen LogP) is 1.84. The summed E-state index contributed by atoms with van der Waals surface area (Å²) in [5, 5.41) is 2.89. The van der Waals surface area contributed by atoms with Gasteiger partial charge in [0.2, 0.25) is 5.91 Å². The number of nitrogens with zero attached hydrogens (tertiary/aromatic N) is 1. The van der Waals surface area contributed by atoms with E-state index in [2.05, 4.69) is 34.5 Å². The summed E-state index contributed by atoms with van der Waals surface area (Å²) in [5.41, 5.74) is 2.37. The molecule has 19 heavy (non-hydrogen) atoms. The number of amides is 1. The lowest BCUT2D eigenvalue weighted by molar-refractivity contribution is -0.121. The van der Waals surface area contributed by atoms with Gasteiger partial charge < -0.3 is 15.0 Å². The molecule has 0 aromatic heterocycles. The Labute approximate surface area is 115 Å². The van der Waals surface area contributed by atoms with E-state index in [1.807, 2.05) is 14.1 Å². The molecule has 1 aromatic rings. The van der Waals surface area contributed by atoms with Gasteiger partial charge in [-0.25, -0.2) is 0 Å². The molecule has 0 unspecified atom stereocenters. The lowest BCUT2D eigenvalue weighted by Crippen LogP contribution is -2.25. The van der Waals surface area contributed by atoms with E-state index >= 15 is 0 Å². The largest absolute Gasteiger partial charge is 0.385 e. The molecule has 106 valence electrons. The van der Waals surface area contributed by atoms with Crippen LogP contribution in [0.25, 0.3) is 0 Å². The van der Waals surface area contributed by atoms with Gasteiger partial charge in [-0.1, -0.05) is 12.1 Å². The lowest BCUT2D eigenvalue weighted by atomic mass is 10.1. The van der Waals surface area contributed by atoms with Gasteiger partial charge in [-0.15, -0.1) is 0 Å². The Hall–Kier alpha value is -1.55. The number of hydrogen-bond donors (Lipinski definition) is 1. The zero-order chi connectivity index (χ0) is 14.1. The summed E-state index contributed by atoms with van der Waals surface area (Å²) in [7, 11) is 5.70. The average molecular weight is 264 g/mol. The first-order valence-corrected chi connectivity index (χ1v) is 6.65. The molecular formula is C15H24N2O2. The SMILES string of the molecule is COCCCNC(=O)CCc1ccc(N(C)C)cc1. The summed E-state index contributed by atoms with van der Waals surface area (Å²) < 4.78 is 4.93. The fourth-order valence-electron chi connectivity index (χ4n) is 1.75. The molecule has 0 atom stereocenters. The van der Waals surface area contributed by atoms with Crippen LogP contribution in [-0.2, 0) is 16.0 Å². The number of anilines is 1. The first-order valence-electron chi connectivity index (χ1n) is 6.65. The zero-order valence-electron chi connectivity index (χ0n) is 12.1. The monoisotopic (exact) mass is 264 g/mol. The van der Waals surface area contributed by atoms with Gasteiger partial charge in [0, 0.05) is 46.5 Å². The quantitative estimate of drug-likeness (QED) is 0.728. The molecule has 0 fully saturated rings. The molecule has 1 amide bonds. The van der Waals surface area contributed by atoms with Gasteiger partial charge in [0.05, 0.1) is 0 Å². The second kappa shape index (κ2) is 8.53. The van der Waals surface area contributed by atoms with Crippen LogP contribution in [0.4, 0.5) is 5.69 Å². The van der Waals surface area contributed by atoms with Crippen molar-refractivity contribution in [2.75, 3.05) is 39.3 Å². The fraction of sp³-hybridized carbons (Fsp3) is 0.533. The molecule has 1 aromatic carbocycles. The van der Waals surface area contributed by atoms with E-state index in [1.165, 1.54) is 11.3 Å². The minimum Gasteiger partial charge on any atom is -0.385 e. The third-order valence-electron chi connectivity index (χ3n) is 2.94. The molecule has 0 spiro atoms. The van der Waals surface area contributed by atoms with Gasteiger partial charge in [0.25, 0.3) is 0 Å². The Balaban J connectivity index is 2.26. The molecule has 0 saturated heterocycles. The maximum atomic E-state index is 11.6. The van der Waals surface area contributed by atoms with Crippen molar-refractivity contribution in [3.8, 4) is 0 Å². The number of carbonyl (C=O) groups is 1. The van der Waals surface area contributed by atoms with Gasteiger partial charge in [-0.3, -0.25) is 4.79 Å². The minimum atomic E-state index is 0.104. The fourth-order valence-corrected chi connectivity index (χ4v) is 1.75. The van der Waals surface area contributed by atoms with E-state index in [0.29, 0.717) is 19.6 Å². The van der Waals surface area contributed by atoms with Crippen molar-refractivity contribution in [3.05, 3.63) is 29.8 Å². The van der Waals surface area contributed by atoms with Crippen molar-refractivity contribution in [3.63, 3.8) is 0 Å². The van der Waals surface area contributed by atoms with Crippen LogP contribution in [0, 0.1) is 0 Å². The molecule has 0 aliphatic carbocycles. The summed E-state index contributed by atoms with van der Waals surface area (Å²) in [6.07, 6.45) is 2.18. The highest BCUT2D eigenvalue weighted by Crippen LogP contribution is 2.13. The van der Waals surface area contributed by atoms with Crippen molar-refractivity contribution < 1.29 is 9.53 Å². The van der Waals surface area contributed by atoms with Crippen LogP contribution in [-0.4, -0.2) is 40.3 Å². The van der Waals surface area contributed by atoms with Crippen LogP contribution in [0.1, 0.15) is 18.4 Å². The molecule has 0 bridgehead atoms. The van der Waals surface area contributed by atoms with Gasteiger partial charge >= 0.3 is 0 Å². The van der Waals surface area contributed by atoms with E-state index in [9.17, 15) is 4.79 Å². The number of carbonyl (C=O) groups excluding carboxylic acids is 1. The normalized spacial score (nSPS) is 10.3. The highest BCUT2D eigenvalue weighted by Gasteiger charge is 2.02. The third kappa shape index (κ3) is 6.25. The first-order chi connectivity index (χ1) is 9.13. The number of methoxy groups -OCH3 is 1. The van der Waals surface area contributed by atoms with Crippen LogP contribution in [0.2, 0.25) is 0 Å². The summed E-state index contributed by atoms with van der Waals surface area (Å²) in [6.45, 7) is 1.37. The Morgan fingerprint density at radius 1 is 1.26 bits per heavy atom. The smallest absolute Gasteiger partial charge is 0.220 e. The third-order valence-corrected chi connectivity index (χ3v) is 2.94. The van der Waals surface area contributed by atoms with E-state index in [-0.39, 0.29) is 5.91 Å². The van der Waals surface area contributed by atoms with E-state index < -0.39 is 0 Å². The number of benzene rings is 1. The number of hydrogen-bond acceptors (Lipinski definition) is 3. The standard InChI is InChI=1S/C15H24N2O2/c1-17(2)14-8-5-13(6-9-14)7-10-15(18)16-11-4-12-19-3/h5-6,8-9H,4,7,10-12H2,1-3H3,(H,16,18). The topological polar surface area (TPSA) is 41.6 Å². The highest BCUT2D eigenvalue weighted by atomic mass is 16.5. The molecule has 1 N–H and O–H groups in total. The van der Waals surface area contributed by atoms with Crippen LogP contribution in [0.15, 0.2) is 24.3 Å². The van der Waals surface area contributed by atoms with Crippen molar-refractivity contribution >= 4 is 11.6 Å². The molecule has 0 aliphatic heterocycles. The Bertz CT molecular complexity index is 374. The molecular weight excluding hydrogens is 240 g/mol. The summed E-state index contributed by atoms with van der Waals surface area (Å²) in [6, 6.07) is 8.30. The van der Waals surface area contributed by atoms with E-state index in [0.717, 1.165) is 12.8 Å². The van der Waals surface area contributed by atoms with Gasteiger partial charge in [-0.05, 0) is 30.5 Å². The second-order valence-corrected chi connectivity index (χ2v) is 4.76. The van der Waals surface area contributed by atoms with Gasteiger partial charge in [-0.2, -0.15) is 0 Å². The number of nitrogens with one attached hydrogen (secondary N) is 1. The lowest BCUT2D eigenvalue weighted by Gasteiger charge is -2.12. The van der Waals surface area contributed by atoms with Gasteiger partial charge in [0.1, 0.15) is 0 Å². The molecule has 0 aliphatic rings. The van der Waals surface area contributed by atoms with Crippen molar-refractivity contribution in [1.82, 2.24) is 5.32 Å². The molecule has 4 nitrogen and oxygen atoms in total. The first kappa shape index (κ1) is 15.5. The highest BCUT2D eigenvalue weighted by molar-refractivity contribution is 5.76. The van der Waals surface area contributed by atoms with E-state index in [1.54, 1.807) is 7.11 Å². The number of aryl methyl sites for hydroxylation is 1. The van der Waals surface area contributed by atoms with Crippen molar-refractivity contribution in [2.24, 2.45) is 0 Å². The van der Waals surface area contributed by atoms with Crippen molar-refractivity contribution in [1.29, 1.82) is 0 Å². The predicted molar refractivity (Wildman–Crippen MR) is 78.6 cm³/mol. The zero-order valence-corrected chi connectivity index (χ0v) is 12.1. The van der Waals surface area contributed by atoms with Gasteiger partial charge in [0.15, 0.2) is 0 Å². The maximum Gasteiger partial charge on any atom is 0.220 e. The molecule has 0 saturated carbocycles. The molecule has 0 radical (unpaired) electrons.